The lowest BCUT2D eigenvalue weighted by Gasteiger charge is -2.23. The highest BCUT2D eigenvalue weighted by Gasteiger charge is 2.55. The number of carbonyl (C=O) groups excluding carboxylic acids is 2. The third kappa shape index (κ3) is 4.14. The minimum Gasteiger partial charge on any atom is -0.479 e. The molecular formula is C26H26N4O5. The molecular weight excluding hydrogens is 448 g/mol. The zero-order chi connectivity index (χ0) is 24.6. The number of amides is 2. The fourth-order valence-electron chi connectivity index (χ4n) is 4.71. The summed E-state index contributed by atoms with van der Waals surface area (Å²) in [5, 5.41) is 12.1. The van der Waals surface area contributed by atoms with Crippen molar-refractivity contribution in [1.29, 1.82) is 0 Å². The summed E-state index contributed by atoms with van der Waals surface area (Å²) >= 11 is 0. The number of hydrogen-bond acceptors (Lipinski definition) is 5. The van der Waals surface area contributed by atoms with E-state index in [2.05, 4.69) is 34.6 Å². The predicted octanol–water partition coefficient (Wildman–Crippen LogP) is 3.11. The second-order valence-corrected chi connectivity index (χ2v) is 8.95. The summed E-state index contributed by atoms with van der Waals surface area (Å²) in [6.45, 7) is 0.912. The summed E-state index contributed by atoms with van der Waals surface area (Å²) < 4.78 is 7.20. The molecule has 3 aromatic rings. The Hall–Kier alpha value is -4.14. The van der Waals surface area contributed by atoms with Crippen molar-refractivity contribution in [2.24, 2.45) is 0 Å². The van der Waals surface area contributed by atoms with Crippen molar-refractivity contribution in [3.05, 3.63) is 77.9 Å². The molecule has 0 unspecified atom stereocenters. The monoisotopic (exact) mass is 474 g/mol. The van der Waals surface area contributed by atoms with E-state index < -0.39 is 23.5 Å². The van der Waals surface area contributed by atoms with Gasteiger partial charge in [0.05, 0.1) is 6.33 Å². The van der Waals surface area contributed by atoms with Crippen LogP contribution in [-0.4, -0.2) is 63.3 Å². The van der Waals surface area contributed by atoms with Gasteiger partial charge < -0.3 is 24.6 Å². The molecule has 1 saturated carbocycles. The first kappa shape index (κ1) is 22.6. The molecule has 0 atom stereocenters. The Bertz CT molecular complexity index is 1250. The average Bonchev–Trinajstić information content (AvgIpc) is 3.45. The Morgan fingerprint density at radius 2 is 1.74 bits per heavy atom. The Kier molecular flexibility index (Phi) is 5.76. The largest absolute Gasteiger partial charge is 0.479 e. The number of fused-ring (bicyclic) bond motifs is 3. The molecule has 9 heteroatoms. The zero-order valence-corrected chi connectivity index (χ0v) is 19.3. The van der Waals surface area contributed by atoms with Gasteiger partial charge in [-0.1, -0.05) is 48.5 Å². The standard InChI is InChI=1S/C26H26N4O5/c1-29(26(10-11-26)24(32)33)23(31)22-14-30(16-28-22)13-12-27-25(34)35-15-21-19-8-4-2-6-17(19)18-7-3-5-9-20(18)21/h2-9,14,16,21H,10-13,15H2,1H3,(H,27,34)(H,32,33). The van der Waals surface area contributed by atoms with Crippen molar-refractivity contribution < 1.29 is 24.2 Å². The van der Waals surface area contributed by atoms with E-state index in [4.69, 9.17) is 4.74 Å². The Morgan fingerprint density at radius 1 is 1.11 bits per heavy atom. The fourth-order valence-corrected chi connectivity index (χ4v) is 4.71. The van der Waals surface area contributed by atoms with Crippen molar-refractivity contribution in [1.82, 2.24) is 19.8 Å². The highest BCUT2D eigenvalue weighted by Crippen LogP contribution is 2.44. The van der Waals surface area contributed by atoms with Crippen LogP contribution in [0.5, 0.6) is 0 Å². The maximum absolute atomic E-state index is 12.6. The van der Waals surface area contributed by atoms with E-state index in [1.165, 1.54) is 29.4 Å². The van der Waals surface area contributed by atoms with E-state index in [9.17, 15) is 19.5 Å². The van der Waals surface area contributed by atoms with Crippen LogP contribution < -0.4 is 5.32 Å². The van der Waals surface area contributed by atoms with Crippen LogP contribution in [0.1, 0.15) is 40.4 Å². The number of aliphatic carboxylic acids is 1. The molecule has 1 fully saturated rings. The van der Waals surface area contributed by atoms with Crippen LogP contribution in [-0.2, 0) is 16.1 Å². The maximum Gasteiger partial charge on any atom is 0.407 e. The van der Waals surface area contributed by atoms with Crippen LogP contribution >= 0.6 is 0 Å². The molecule has 2 aliphatic rings. The Morgan fingerprint density at radius 3 is 2.34 bits per heavy atom. The van der Waals surface area contributed by atoms with Gasteiger partial charge >= 0.3 is 12.1 Å². The molecule has 1 heterocycles. The topological polar surface area (TPSA) is 114 Å². The van der Waals surface area contributed by atoms with Crippen molar-refractivity contribution in [3.63, 3.8) is 0 Å². The number of alkyl carbamates (subject to hydrolysis) is 1. The number of rotatable bonds is 8. The number of benzene rings is 2. The molecule has 2 aromatic carbocycles. The molecule has 5 rings (SSSR count). The molecule has 1 aromatic heterocycles. The third-order valence-electron chi connectivity index (χ3n) is 6.90. The van der Waals surface area contributed by atoms with E-state index in [1.807, 2.05) is 24.3 Å². The summed E-state index contributed by atoms with van der Waals surface area (Å²) in [6, 6.07) is 16.3. The van der Waals surface area contributed by atoms with Gasteiger partial charge in [-0.2, -0.15) is 0 Å². The molecule has 2 N–H and O–H groups in total. The number of carbonyl (C=O) groups is 3. The normalized spacial score (nSPS) is 15.1. The highest BCUT2D eigenvalue weighted by atomic mass is 16.5. The first-order valence-electron chi connectivity index (χ1n) is 11.5. The zero-order valence-electron chi connectivity index (χ0n) is 19.3. The van der Waals surface area contributed by atoms with Gasteiger partial charge in [0.25, 0.3) is 5.91 Å². The smallest absolute Gasteiger partial charge is 0.407 e. The summed E-state index contributed by atoms with van der Waals surface area (Å²) in [5.74, 6) is -1.44. The van der Waals surface area contributed by atoms with E-state index in [-0.39, 0.29) is 24.8 Å². The van der Waals surface area contributed by atoms with Crippen LogP contribution in [0.25, 0.3) is 11.1 Å². The first-order valence-corrected chi connectivity index (χ1v) is 11.5. The van der Waals surface area contributed by atoms with E-state index in [0.717, 1.165) is 11.1 Å². The number of ether oxygens (including phenoxy) is 1. The van der Waals surface area contributed by atoms with Gasteiger partial charge in [-0.15, -0.1) is 0 Å². The van der Waals surface area contributed by atoms with Crippen LogP contribution in [0.4, 0.5) is 4.79 Å². The lowest BCUT2D eigenvalue weighted by molar-refractivity contribution is -0.143. The van der Waals surface area contributed by atoms with Gasteiger partial charge in [0.2, 0.25) is 0 Å². The van der Waals surface area contributed by atoms with E-state index >= 15 is 0 Å². The van der Waals surface area contributed by atoms with Gasteiger partial charge in [-0.3, -0.25) is 4.79 Å². The maximum atomic E-state index is 12.6. The van der Waals surface area contributed by atoms with Gasteiger partial charge in [0.15, 0.2) is 0 Å². The molecule has 0 aliphatic heterocycles. The van der Waals surface area contributed by atoms with Crippen LogP contribution in [0.2, 0.25) is 0 Å². The molecule has 35 heavy (non-hydrogen) atoms. The SMILES string of the molecule is CN(C(=O)c1cn(CCNC(=O)OCC2c3ccccc3-c3ccccc32)cn1)C1(C(=O)O)CC1. The van der Waals surface area contributed by atoms with Gasteiger partial charge in [-0.25, -0.2) is 14.6 Å². The first-order chi connectivity index (χ1) is 16.9. The Balaban J connectivity index is 1.12. The molecule has 0 radical (unpaired) electrons. The predicted molar refractivity (Wildman–Crippen MR) is 127 cm³/mol. The van der Waals surface area contributed by atoms with Crippen LogP contribution in [0.3, 0.4) is 0 Å². The molecule has 2 amide bonds. The highest BCUT2D eigenvalue weighted by molar-refractivity contribution is 5.97. The molecule has 0 bridgehead atoms. The van der Waals surface area contributed by atoms with Crippen LogP contribution in [0, 0.1) is 0 Å². The average molecular weight is 475 g/mol. The lowest BCUT2D eigenvalue weighted by atomic mass is 9.98. The number of carboxylic acid groups (broad SMARTS) is 1. The van der Waals surface area contributed by atoms with Crippen molar-refractivity contribution in [3.8, 4) is 11.1 Å². The summed E-state index contributed by atoms with van der Waals surface area (Å²) in [7, 11) is 1.49. The van der Waals surface area contributed by atoms with Gasteiger partial charge in [0, 0.05) is 32.3 Å². The number of hydrogen-bond donors (Lipinski definition) is 2. The second-order valence-electron chi connectivity index (χ2n) is 8.95. The number of nitrogens with zero attached hydrogens (tertiary/aromatic N) is 3. The molecule has 180 valence electrons. The minimum atomic E-state index is -1.12. The number of nitrogens with one attached hydrogen (secondary N) is 1. The fraction of sp³-hybridized carbons (Fsp3) is 0.308. The summed E-state index contributed by atoms with van der Waals surface area (Å²) in [4.78, 5) is 41.7. The lowest BCUT2D eigenvalue weighted by Crippen LogP contribution is -2.44. The molecule has 0 spiro atoms. The summed E-state index contributed by atoms with van der Waals surface area (Å²) in [6.07, 6.45) is 3.40. The van der Waals surface area contributed by atoms with E-state index in [0.29, 0.717) is 19.4 Å². The van der Waals surface area contributed by atoms with Crippen molar-refractivity contribution in [2.45, 2.75) is 30.8 Å². The Labute approximate surface area is 202 Å². The quantitative estimate of drug-likeness (QED) is 0.519. The van der Waals surface area contributed by atoms with E-state index in [1.54, 1.807) is 10.8 Å². The molecule has 2 aliphatic carbocycles. The minimum absolute atomic E-state index is 0.00655. The van der Waals surface area contributed by atoms with Crippen molar-refractivity contribution in [2.75, 3.05) is 20.2 Å². The van der Waals surface area contributed by atoms with Gasteiger partial charge in [-0.05, 0) is 35.1 Å². The third-order valence-corrected chi connectivity index (χ3v) is 6.90. The molecule has 9 nitrogen and oxygen atoms in total. The summed E-state index contributed by atoms with van der Waals surface area (Å²) in [5.41, 5.74) is 3.69. The number of imidazole rings is 1. The molecule has 0 saturated heterocycles. The van der Waals surface area contributed by atoms with Crippen LogP contribution in [0.15, 0.2) is 61.1 Å². The second kappa shape index (κ2) is 8.90. The number of carboxylic acids is 1. The van der Waals surface area contributed by atoms with Gasteiger partial charge in [0.1, 0.15) is 17.8 Å². The number of aromatic nitrogens is 2. The number of likely N-dealkylation sites (N-methyl/N-ethyl adjacent to an activating group) is 1. The van der Waals surface area contributed by atoms with Crippen molar-refractivity contribution >= 4 is 18.0 Å².